The van der Waals surface area contributed by atoms with Crippen molar-refractivity contribution in [2.24, 2.45) is 11.7 Å². The first-order chi connectivity index (χ1) is 6.68. The van der Waals surface area contributed by atoms with Gasteiger partial charge in [0.05, 0.1) is 5.01 Å². The molecule has 1 heterocycles. The molecule has 1 rings (SSSR count). The smallest absolute Gasteiger partial charge is 0.0940 e. The molecular weight excluding hydrogens is 212 g/mol. The van der Waals surface area contributed by atoms with Crippen molar-refractivity contribution >= 4 is 23.1 Å². The first kappa shape index (κ1) is 12.0. The quantitative estimate of drug-likeness (QED) is 0.815. The van der Waals surface area contributed by atoms with Gasteiger partial charge in [0.2, 0.25) is 0 Å². The average Bonchev–Trinajstić information content (AvgIpc) is 2.56. The molecule has 1 aromatic rings. The van der Waals surface area contributed by atoms with E-state index in [1.807, 2.05) is 23.3 Å². The molecular formula is C10H18N2S2. The van der Waals surface area contributed by atoms with Crippen LogP contribution in [-0.2, 0) is 6.42 Å². The number of hydrogen-bond donors (Lipinski definition) is 1. The fourth-order valence-corrected chi connectivity index (χ4v) is 2.83. The molecule has 1 atom stereocenters. The van der Waals surface area contributed by atoms with Gasteiger partial charge in [-0.3, -0.25) is 0 Å². The second-order valence-electron chi connectivity index (χ2n) is 3.82. The summed E-state index contributed by atoms with van der Waals surface area (Å²) in [7, 11) is 0. The van der Waals surface area contributed by atoms with Gasteiger partial charge in [0, 0.05) is 29.8 Å². The van der Waals surface area contributed by atoms with E-state index in [9.17, 15) is 0 Å². The van der Waals surface area contributed by atoms with Gasteiger partial charge < -0.3 is 5.73 Å². The van der Waals surface area contributed by atoms with E-state index in [1.165, 1.54) is 5.75 Å². The molecule has 80 valence electrons. The summed E-state index contributed by atoms with van der Waals surface area (Å²) in [5, 5.41) is 3.16. The highest BCUT2D eigenvalue weighted by atomic mass is 32.2. The summed E-state index contributed by atoms with van der Waals surface area (Å²) in [6.07, 6.45) is 2.76. The van der Waals surface area contributed by atoms with E-state index in [4.69, 9.17) is 5.73 Å². The Bertz CT molecular complexity index is 234. The van der Waals surface area contributed by atoms with Crippen LogP contribution in [0.2, 0.25) is 0 Å². The molecule has 0 amide bonds. The maximum absolute atomic E-state index is 6.00. The number of thiazole rings is 1. The van der Waals surface area contributed by atoms with Crippen molar-refractivity contribution in [2.45, 2.75) is 26.3 Å². The molecule has 1 aromatic heterocycles. The summed E-state index contributed by atoms with van der Waals surface area (Å²) in [5.41, 5.74) is 6.00. The zero-order chi connectivity index (χ0) is 10.4. The fourth-order valence-electron chi connectivity index (χ4n) is 1.09. The summed E-state index contributed by atoms with van der Waals surface area (Å²) < 4.78 is 0. The Morgan fingerprint density at radius 2 is 2.29 bits per heavy atom. The van der Waals surface area contributed by atoms with Crippen molar-refractivity contribution in [3.8, 4) is 0 Å². The van der Waals surface area contributed by atoms with Gasteiger partial charge in [0.15, 0.2) is 0 Å². The minimum atomic E-state index is 0.255. The summed E-state index contributed by atoms with van der Waals surface area (Å²) in [5.74, 6) is 3.00. The Kier molecular flexibility index (Phi) is 5.52. The molecule has 2 nitrogen and oxygen atoms in total. The molecule has 0 aromatic carbocycles. The summed E-state index contributed by atoms with van der Waals surface area (Å²) >= 11 is 3.63. The van der Waals surface area contributed by atoms with Crippen molar-refractivity contribution in [3.05, 3.63) is 16.6 Å². The van der Waals surface area contributed by atoms with E-state index in [2.05, 4.69) is 18.8 Å². The zero-order valence-corrected chi connectivity index (χ0v) is 10.4. The molecule has 1 unspecified atom stereocenters. The lowest BCUT2D eigenvalue weighted by Gasteiger charge is -2.10. The molecule has 0 saturated carbocycles. The van der Waals surface area contributed by atoms with Crippen LogP contribution in [0.5, 0.6) is 0 Å². The van der Waals surface area contributed by atoms with Crippen LogP contribution >= 0.6 is 23.1 Å². The number of rotatable bonds is 6. The van der Waals surface area contributed by atoms with Crippen LogP contribution in [0.25, 0.3) is 0 Å². The van der Waals surface area contributed by atoms with E-state index in [-0.39, 0.29) is 6.04 Å². The Balaban J connectivity index is 2.13. The molecule has 0 bridgehead atoms. The van der Waals surface area contributed by atoms with Crippen LogP contribution in [-0.4, -0.2) is 22.5 Å². The number of nitrogens with two attached hydrogens (primary N) is 1. The number of nitrogens with zero attached hydrogens (tertiary/aromatic N) is 1. The Morgan fingerprint density at radius 1 is 1.50 bits per heavy atom. The third-order valence-corrected chi connectivity index (χ3v) is 4.07. The predicted molar refractivity (Wildman–Crippen MR) is 66.0 cm³/mol. The molecule has 0 spiro atoms. The van der Waals surface area contributed by atoms with Crippen LogP contribution in [0.4, 0.5) is 0 Å². The van der Waals surface area contributed by atoms with Gasteiger partial charge >= 0.3 is 0 Å². The highest BCUT2D eigenvalue weighted by Crippen LogP contribution is 2.12. The monoisotopic (exact) mass is 230 g/mol. The van der Waals surface area contributed by atoms with E-state index in [1.54, 1.807) is 11.3 Å². The van der Waals surface area contributed by atoms with E-state index < -0.39 is 0 Å². The van der Waals surface area contributed by atoms with Crippen LogP contribution in [0.1, 0.15) is 18.9 Å². The Labute approximate surface area is 94.3 Å². The number of hydrogen-bond acceptors (Lipinski definition) is 4. The predicted octanol–water partition coefficient (Wildman–Crippen LogP) is 2.40. The molecule has 2 N–H and O–H groups in total. The van der Waals surface area contributed by atoms with Crippen LogP contribution in [0, 0.1) is 5.92 Å². The van der Waals surface area contributed by atoms with Gasteiger partial charge in [0.25, 0.3) is 0 Å². The fraction of sp³-hybridized carbons (Fsp3) is 0.700. The lowest BCUT2D eigenvalue weighted by molar-refractivity contribution is 0.729. The third-order valence-electron chi connectivity index (χ3n) is 1.70. The van der Waals surface area contributed by atoms with E-state index >= 15 is 0 Å². The highest BCUT2D eigenvalue weighted by Gasteiger charge is 2.06. The van der Waals surface area contributed by atoms with Gasteiger partial charge in [-0.05, 0) is 11.7 Å². The third kappa shape index (κ3) is 4.98. The topological polar surface area (TPSA) is 38.9 Å². The van der Waals surface area contributed by atoms with E-state index in [0.29, 0.717) is 0 Å². The van der Waals surface area contributed by atoms with Gasteiger partial charge in [-0.15, -0.1) is 11.3 Å². The van der Waals surface area contributed by atoms with Crippen molar-refractivity contribution in [2.75, 3.05) is 11.5 Å². The first-order valence-corrected chi connectivity index (χ1v) is 6.93. The molecule has 0 saturated heterocycles. The maximum atomic E-state index is 6.00. The van der Waals surface area contributed by atoms with Crippen molar-refractivity contribution in [3.63, 3.8) is 0 Å². The molecule has 4 heteroatoms. The molecule has 0 aliphatic rings. The van der Waals surface area contributed by atoms with Gasteiger partial charge in [0.1, 0.15) is 0 Å². The minimum absolute atomic E-state index is 0.255. The number of aromatic nitrogens is 1. The number of thioether (sulfide) groups is 1. The summed E-state index contributed by atoms with van der Waals surface area (Å²) in [6, 6.07) is 0.255. The lowest BCUT2D eigenvalue weighted by atomic mass is 10.3. The molecule has 0 aliphatic carbocycles. The Morgan fingerprint density at radius 3 is 2.86 bits per heavy atom. The normalized spacial score (nSPS) is 13.4. The molecule has 0 fully saturated rings. The second-order valence-corrected chi connectivity index (χ2v) is 5.88. The zero-order valence-electron chi connectivity index (χ0n) is 8.77. The SMILES string of the molecule is CC(C)CSCC(N)Cc1nccs1. The van der Waals surface area contributed by atoms with Crippen LogP contribution < -0.4 is 5.73 Å². The largest absolute Gasteiger partial charge is 0.327 e. The summed E-state index contributed by atoms with van der Waals surface area (Å²) in [4.78, 5) is 4.23. The minimum Gasteiger partial charge on any atom is -0.327 e. The van der Waals surface area contributed by atoms with Crippen molar-refractivity contribution in [1.82, 2.24) is 4.98 Å². The molecule has 0 aliphatic heterocycles. The molecule has 0 radical (unpaired) electrons. The van der Waals surface area contributed by atoms with Gasteiger partial charge in [-0.1, -0.05) is 13.8 Å². The van der Waals surface area contributed by atoms with Gasteiger partial charge in [-0.25, -0.2) is 4.98 Å². The maximum Gasteiger partial charge on any atom is 0.0940 e. The van der Waals surface area contributed by atoms with Crippen LogP contribution in [0.15, 0.2) is 11.6 Å². The molecule has 14 heavy (non-hydrogen) atoms. The average molecular weight is 230 g/mol. The lowest BCUT2D eigenvalue weighted by Crippen LogP contribution is -2.25. The van der Waals surface area contributed by atoms with Crippen molar-refractivity contribution < 1.29 is 0 Å². The summed E-state index contributed by atoms with van der Waals surface area (Å²) in [6.45, 7) is 4.47. The second kappa shape index (κ2) is 6.43. The van der Waals surface area contributed by atoms with E-state index in [0.717, 1.165) is 23.1 Å². The van der Waals surface area contributed by atoms with Gasteiger partial charge in [-0.2, -0.15) is 11.8 Å². The van der Waals surface area contributed by atoms with Crippen LogP contribution in [0.3, 0.4) is 0 Å². The Hall–Kier alpha value is -0.0600. The first-order valence-electron chi connectivity index (χ1n) is 4.90. The van der Waals surface area contributed by atoms with Crippen molar-refractivity contribution in [1.29, 1.82) is 0 Å². The highest BCUT2D eigenvalue weighted by molar-refractivity contribution is 7.99. The standard InChI is InChI=1S/C10H18N2S2/c1-8(2)6-13-7-9(11)5-10-12-3-4-14-10/h3-4,8-9H,5-7,11H2,1-2H3.